The smallest absolute Gasteiger partial charge is 0.313 e. The minimum absolute atomic E-state index is 0.00425. The van der Waals surface area contributed by atoms with Gasteiger partial charge in [-0.15, -0.1) is 0 Å². The molecular weight excluding hydrogens is 297 g/mol. The maximum absolute atomic E-state index is 12.9. The molecule has 0 saturated carbocycles. The SMILES string of the molecule is CCN(C[C@H](C)C#N)C(=O)C(=O)Nc1ccc(F)cc1Cl. The van der Waals surface area contributed by atoms with E-state index in [1.165, 1.54) is 11.0 Å². The standard InChI is InChI=1S/C14H15ClFN3O2/c1-3-19(8-9(2)7-17)14(21)13(20)18-12-5-4-10(16)6-11(12)15/h4-6,9H,3,8H2,1-2H3,(H,18,20)/t9-/m1/s1. The molecule has 0 bridgehead atoms. The van der Waals surface area contributed by atoms with Gasteiger partial charge in [0.2, 0.25) is 0 Å². The Morgan fingerprint density at radius 2 is 2.19 bits per heavy atom. The van der Waals surface area contributed by atoms with Gasteiger partial charge in [-0.2, -0.15) is 5.26 Å². The molecule has 0 aliphatic rings. The van der Waals surface area contributed by atoms with Crippen LogP contribution in [0.4, 0.5) is 10.1 Å². The number of nitrogens with one attached hydrogen (secondary N) is 1. The first kappa shape index (κ1) is 16.9. The Kier molecular flexibility index (Phi) is 6.12. The Labute approximate surface area is 127 Å². The van der Waals surface area contributed by atoms with Crippen molar-refractivity contribution >= 4 is 29.1 Å². The number of benzene rings is 1. The highest BCUT2D eigenvalue weighted by molar-refractivity contribution is 6.41. The average Bonchev–Trinajstić information content (AvgIpc) is 2.46. The van der Waals surface area contributed by atoms with Gasteiger partial charge in [-0.05, 0) is 32.0 Å². The maximum atomic E-state index is 12.9. The van der Waals surface area contributed by atoms with Crippen molar-refractivity contribution in [1.29, 1.82) is 5.26 Å². The summed E-state index contributed by atoms with van der Waals surface area (Å²) in [4.78, 5) is 25.1. The zero-order chi connectivity index (χ0) is 16.0. The topological polar surface area (TPSA) is 73.2 Å². The largest absolute Gasteiger partial charge is 0.333 e. The van der Waals surface area contributed by atoms with Crippen molar-refractivity contribution < 1.29 is 14.0 Å². The summed E-state index contributed by atoms with van der Waals surface area (Å²) in [6.45, 7) is 3.83. The fraction of sp³-hybridized carbons (Fsp3) is 0.357. The van der Waals surface area contributed by atoms with E-state index in [9.17, 15) is 14.0 Å². The summed E-state index contributed by atoms with van der Waals surface area (Å²) in [5, 5.41) is 11.1. The number of nitrogens with zero attached hydrogens (tertiary/aromatic N) is 2. The third-order valence-corrected chi connectivity index (χ3v) is 3.07. The second kappa shape index (κ2) is 7.60. The van der Waals surface area contributed by atoms with Gasteiger partial charge in [0.1, 0.15) is 5.82 Å². The molecule has 1 rings (SSSR count). The molecule has 1 aromatic carbocycles. The summed E-state index contributed by atoms with van der Waals surface area (Å²) in [5.41, 5.74) is 0.154. The Balaban J connectivity index is 2.78. The summed E-state index contributed by atoms with van der Waals surface area (Å²) < 4.78 is 12.9. The van der Waals surface area contributed by atoms with Crippen molar-refractivity contribution in [3.63, 3.8) is 0 Å². The molecule has 0 saturated heterocycles. The molecular formula is C14H15ClFN3O2. The summed E-state index contributed by atoms with van der Waals surface area (Å²) in [7, 11) is 0. The van der Waals surface area contributed by atoms with Crippen LogP contribution in [-0.2, 0) is 9.59 Å². The van der Waals surface area contributed by atoms with Crippen LogP contribution in [0.3, 0.4) is 0 Å². The number of carbonyl (C=O) groups excluding carboxylic acids is 2. The molecule has 0 aliphatic heterocycles. The molecule has 0 aliphatic carbocycles. The summed E-state index contributed by atoms with van der Waals surface area (Å²) >= 11 is 5.78. The number of amides is 2. The molecule has 1 atom stereocenters. The Morgan fingerprint density at radius 1 is 1.52 bits per heavy atom. The van der Waals surface area contributed by atoms with Crippen molar-refractivity contribution in [3.8, 4) is 6.07 Å². The molecule has 0 fully saturated rings. The summed E-state index contributed by atoms with van der Waals surface area (Å²) in [5.74, 6) is -2.56. The Bertz CT molecular complexity index is 586. The van der Waals surface area contributed by atoms with E-state index in [4.69, 9.17) is 16.9 Å². The first-order valence-corrected chi connectivity index (χ1v) is 6.71. The highest BCUT2D eigenvalue weighted by Crippen LogP contribution is 2.22. The quantitative estimate of drug-likeness (QED) is 0.868. The number of anilines is 1. The van der Waals surface area contributed by atoms with E-state index >= 15 is 0 Å². The normalized spacial score (nSPS) is 11.4. The number of hydrogen-bond acceptors (Lipinski definition) is 3. The minimum Gasteiger partial charge on any atom is -0.333 e. The average molecular weight is 312 g/mol. The first-order chi connectivity index (χ1) is 9.88. The van der Waals surface area contributed by atoms with Gasteiger partial charge in [0.05, 0.1) is 22.7 Å². The Hall–Kier alpha value is -2.13. The molecule has 5 nitrogen and oxygen atoms in total. The van der Waals surface area contributed by atoms with E-state index in [1.54, 1.807) is 13.8 Å². The van der Waals surface area contributed by atoms with E-state index in [0.717, 1.165) is 12.1 Å². The van der Waals surface area contributed by atoms with E-state index in [-0.39, 0.29) is 23.2 Å². The molecule has 1 N–H and O–H groups in total. The zero-order valence-electron chi connectivity index (χ0n) is 11.7. The lowest BCUT2D eigenvalue weighted by molar-refractivity contribution is -0.143. The number of likely N-dealkylation sites (N-methyl/N-ethyl adjacent to an activating group) is 1. The molecule has 0 heterocycles. The predicted molar refractivity (Wildman–Crippen MR) is 77.1 cm³/mol. The van der Waals surface area contributed by atoms with Crippen molar-refractivity contribution in [1.82, 2.24) is 4.90 Å². The van der Waals surface area contributed by atoms with Crippen LogP contribution in [0.5, 0.6) is 0 Å². The fourth-order valence-corrected chi connectivity index (χ4v) is 1.85. The van der Waals surface area contributed by atoms with Gasteiger partial charge in [-0.25, -0.2) is 4.39 Å². The predicted octanol–water partition coefficient (Wildman–Crippen LogP) is 2.43. The van der Waals surface area contributed by atoms with E-state index < -0.39 is 17.6 Å². The van der Waals surface area contributed by atoms with Gasteiger partial charge >= 0.3 is 11.8 Å². The molecule has 1 aromatic rings. The molecule has 2 amide bonds. The van der Waals surface area contributed by atoms with Crippen molar-refractivity contribution in [2.75, 3.05) is 18.4 Å². The molecule has 7 heteroatoms. The van der Waals surface area contributed by atoms with E-state index in [0.29, 0.717) is 6.54 Å². The van der Waals surface area contributed by atoms with Gasteiger partial charge in [-0.3, -0.25) is 9.59 Å². The molecule has 0 spiro atoms. The molecule has 0 aromatic heterocycles. The highest BCUT2D eigenvalue weighted by Gasteiger charge is 2.22. The molecule has 0 radical (unpaired) electrons. The van der Waals surface area contributed by atoms with Crippen LogP contribution in [0.25, 0.3) is 0 Å². The minimum atomic E-state index is -0.879. The second-order valence-corrected chi connectivity index (χ2v) is 4.86. The molecule has 112 valence electrons. The van der Waals surface area contributed by atoms with Gasteiger partial charge in [-0.1, -0.05) is 11.6 Å². The maximum Gasteiger partial charge on any atom is 0.313 e. The molecule has 21 heavy (non-hydrogen) atoms. The van der Waals surface area contributed by atoms with Gasteiger partial charge in [0, 0.05) is 13.1 Å². The van der Waals surface area contributed by atoms with Gasteiger partial charge < -0.3 is 10.2 Å². The number of halogens is 2. The van der Waals surface area contributed by atoms with Crippen LogP contribution in [0.1, 0.15) is 13.8 Å². The first-order valence-electron chi connectivity index (χ1n) is 6.34. The lowest BCUT2D eigenvalue weighted by atomic mass is 10.2. The van der Waals surface area contributed by atoms with Crippen LogP contribution >= 0.6 is 11.6 Å². The van der Waals surface area contributed by atoms with Crippen LogP contribution in [0.2, 0.25) is 5.02 Å². The monoisotopic (exact) mass is 311 g/mol. The van der Waals surface area contributed by atoms with Crippen molar-refractivity contribution in [2.24, 2.45) is 5.92 Å². The second-order valence-electron chi connectivity index (χ2n) is 4.45. The summed E-state index contributed by atoms with van der Waals surface area (Å²) in [6, 6.07) is 5.44. The third kappa shape index (κ3) is 4.72. The number of nitriles is 1. The van der Waals surface area contributed by atoms with Crippen LogP contribution in [0, 0.1) is 23.1 Å². The molecule has 0 unspecified atom stereocenters. The lowest BCUT2D eigenvalue weighted by Crippen LogP contribution is -2.41. The number of hydrogen-bond donors (Lipinski definition) is 1. The van der Waals surface area contributed by atoms with E-state index in [2.05, 4.69) is 5.32 Å². The van der Waals surface area contributed by atoms with Crippen LogP contribution in [0.15, 0.2) is 18.2 Å². The van der Waals surface area contributed by atoms with Crippen LogP contribution in [-0.4, -0.2) is 29.8 Å². The fourth-order valence-electron chi connectivity index (χ4n) is 1.64. The Morgan fingerprint density at radius 3 is 2.71 bits per heavy atom. The van der Waals surface area contributed by atoms with Crippen LogP contribution < -0.4 is 5.32 Å². The van der Waals surface area contributed by atoms with E-state index in [1.807, 2.05) is 6.07 Å². The van der Waals surface area contributed by atoms with Gasteiger partial charge in [0.15, 0.2) is 0 Å². The van der Waals surface area contributed by atoms with Crippen molar-refractivity contribution in [2.45, 2.75) is 13.8 Å². The third-order valence-electron chi connectivity index (χ3n) is 2.76. The van der Waals surface area contributed by atoms with Gasteiger partial charge in [0.25, 0.3) is 0 Å². The summed E-state index contributed by atoms with van der Waals surface area (Å²) in [6.07, 6.45) is 0. The highest BCUT2D eigenvalue weighted by atomic mass is 35.5. The lowest BCUT2D eigenvalue weighted by Gasteiger charge is -2.21. The number of rotatable bonds is 4. The number of carbonyl (C=O) groups is 2. The van der Waals surface area contributed by atoms with Crippen molar-refractivity contribution in [3.05, 3.63) is 29.0 Å². The zero-order valence-corrected chi connectivity index (χ0v) is 12.4.